The minimum Gasteiger partial charge on any atom is -0.445 e. The first-order valence-electron chi connectivity index (χ1n) is 8.73. The lowest BCUT2D eigenvalue weighted by Crippen LogP contribution is -2.33. The molecule has 10 nitrogen and oxygen atoms in total. The summed E-state index contributed by atoms with van der Waals surface area (Å²) in [6.45, 7) is 2.45. The van der Waals surface area contributed by atoms with Gasteiger partial charge in [-0.25, -0.2) is 9.59 Å². The number of hydrogen-bond acceptors (Lipinski definition) is 8. The van der Waals surface area contributed by atoms with Gasteiger partial charge in [-0.05, 0) is 24.7 Å². The molecule has 0 aliphatic carbocycles. The van der Waals surface area contributed by atoms with E-state index in [9.17, 15) is 14.4 Å². The van der Waals surface area contributed by atoms with Crippen LogP contribution >= 0.6 is 0 Å². The normalized spacial score (nSPS) is 11.3. The smallest absolute Gasteiger partial charge is 0.417 e. The maximum absolute atomic E-state index is 12.1. The first-order chi connectivity index (χ1) is 13.3. The number of esters is 1. The number of benzene rings is 1. The van der Waals surface area contributed by atoms with Gasteiger partial charge in [0.05, 0.1) is 6.54 Å². The van der Waals surface area contributed by atoms with Crippen molar-refractivity contribution in [3.05, 3.63) is 29.8 Å². The summed E-state index contributed by atoms with van der Waals surface area (Å²) in [5.74, 6) is -0.668. The molecule has 1 aromatic rings. The summed E-state index contributed by atoms with van der Waals surface area (Å²) in [5, 5.41) is 2.96. The zero-order chi connectivity index (χ0) is 21.1. The molecule has 156 valence electrons. The number of nitrogens with zero attached hydrogens (tertiary/aromatic N) is 2. The second kappa shape index (κ2) is 11.8. The summed E-state index contributed by atoms with van der Waals surface area (Å²) < 4.78 is 15.0. The molecule has 0 saturated carbocycles. The summed E-state index contributed by atoms with van der Waals surface area (Å²) in [7, 11) is 4.99. The molecule has 0 bridgehead atoms. The molecule has 0 aromatic heterocycles. The highest BCUT2D eigenvalue weighted by Crippen LogP contribution is 2.16. The summed E-state index contributed by atoms with van der Waals surface area (Å²) in [6, 6.07) is 6.84. The standard InChI is InChI=1S/C18H28N4O6/c1-13(27-16(23)11-19)28-18(25)22(4)15-7-5-14(6-8-15)12-26-17(24)21(3)10-9-20-2/h5-8,13,20H,9-12,19H2,1-4H3. The maximum atomic E-state index is 12.1. The van der Waals surface area contributed by atoms with Gasteiger partial charge >= 0.3 is 18.2 Å². The van der Waals surface area contributed by atoms with Crippen molar-refractivity contribution >= 4 is 23.8 Å². The Labute approximate surface area is 164 Å². The van der Waals surface area contributed by atoms with Crippen LogP contribution in [0.3, 0.4) is 0 Å². The fourth-order valence-corrected chi connectivity index (χ4v) is 2.03. The van der Waals surface area contributed by atoms with Crippen molar-refractivity contribution in [3.63, 3.8) is 0 Å². The molecule has 2 amide bonds. The van der Waals surface area contributed by atoms with Crippen LogP contribution in [-0.4, -0.2) is 70.1 Å². The van der Waals surface area contributed by atoms with E-state index >= 15 is 0 Å². The number of rotatable bonds is 9. The molecule has 0 fully saturated rings. The maximum Gasteiger partial charge on any atom is 0.417 e. The lowest BCUT2D eigenvalue weighted by atomic mass is 10.2. The van der Waals surface area contributed by atoms with Gasteiger partial charge in [-0.2, -0.15) is 0 Å². The number of hydrogen-bond donors (Lipinski definition) is 2. The van der Waals surface area contributed by atoms with Gasteiger partial charge in [0.2, 0.25) is 6.29 Å². The second-order valence-electron chi connectivity index (χ2n) is 5.95. The number of anilines is 1. The molecule has 3 N–H and O–H groups in total. The lowest BCUT2D eigenvalue weighted by molar-refractivity contribution is -0.162. The van der Waals surface area contributed by atoms with E-state index in [2.05, 4.69) is 5.32 Å². The molecule has 1 rings (SSSR count). The molecule has 0 spiro atoms. The number of likely N-dealkylation sites (N-methyl/N-ethyl adjacent to an activating group) is 2. The minimum atomic E-state index is -1.05. The monoisotopic (exact) mass is 396 g/mol. The van der Waals surface area contributed by atoms with Gasteiger partial charge in [0.25, 0.3) is 0 Å². The molecule has 0 aliphatic rings. The Morgan fingerprint density at radius 2 is 1.75 bits per heavy atom. The molecule has 0 heterocycles. The van der Waals surface area contributed by atoms with Crippen molar-refractivity contribution in [1.29, 1.82) is 0 Å². The average molecular weight is 396 g/mol. The van der Waals surface area contributed by atoms with Gasteiger partial charge < -0.3 is 30.2 Å². The van der Waals surface area contributed by atoms with E-state index in [1.807, 2.05) is 0 Å². The Morgan fingerprint density at radius 3 is 2.32 bits per heavy atom. The van der Waals surface area contributed by atoms with Crippen LogP contribution in [0.1, 0.15) is 12.5 Å². The quantitative estimate of drug-likeness (QED) is 0.466. The highest BCUT2D eigenvalue weighted by molar-refractivity contribution is 5.87. The van der Waals surface area contributed by atoms with E-state index in [4.69, 9.17) is 19.9 Å². The first-order valence-corrected chi connectivity index (χ1v) is 8.73. The summed E-state index contributed by atoms with van der Waals surface area (Å²) in [5.41, 5.74) is 6.46. The van der Waals surface area contributed by atoms with Crippen LogP contribution in [0.4, 0.5) is 15.3 Å². The number of ether oxygens (including phenoxy) is 3. The zero-order valence-electron chi connectivity index (χ0n) is 16.6. The van der Waals surface area contributed by atoms with Crippen molar-refractivity contribution in [2.24, 2.45) is 5.73 Å². The van der Waals surface area contributed by atoms with Crippen LogP contribution < -0.4 is 16.0 Å². The summed E-state index contributed by atoms with van der Waals surface area (Å²) >= 11 is 0. The zero-order valence-corrected chi connectivity index (χ0v) is 16.6. The van der Waals surface area contributed by atoms with Crippen molar-refractivity contribution in [2.45, 2.75) is 19.8 Å². The van der Waals surface area contributed by atoms with E-state index in [0.717, 1.165) is 5.56 Å². The molecule has 0 saturated heterocycles. The largest absolute Gasteiger partial charge is 0.445 e. The van der Waals surface area contributed by atoms with Crippen LogP contribution in [0, 0.1) is 0 Å². The Bertz CT molecular complexity index is 652. The van der Waals surface area contributed by atoms with E-state index in [1.165, 1.54) is 23.8 Å². The van der Waals surface area contributed by atoms with Crippen LogP contribution in [0.5, 0.6) is 0 Å². The van der Waals surface area contributed by atoms with Crippen molar-refractivity contribution < 1.29 is 28.6 Å². The topological polar surface area (TPSA) is 123 Å². The highest BCUT2D eigenvalue weighted by Gasteiger charge is 2.18. The molecule has 1 atom stereocenters. The highest BCUT2D eigenvalue weighted by atomic mass is 16.7. The molecule has 0 aliphatic heterocycles. The molecular weight excluding hydrogens is 368 g/mol. The summed E-state index contributed by atoms with van der Waals surface area (Å²) in [4.78, 5) is 37.8. The minimum absolute atomic E-state index is 0.114. The fourth-order valence-electron chi connectivity index (χ4n) is 2.03. The average Bonchev–Trinajstić information content (AvgIpc) is 2.69. The molecule has 10 heteroatoms. The third-order valence-electron chi connectivity index (χ3n) is 3.70. The number of nitrogens with two attached hydrogens (primary N) is 1. The Kier molecular flexibility index (Phi) is 9.75. The van der Waals surface area contributed by atoms with Gasteiger partial charge in [-0.1, -0.05) is 12.1 Å². The van der Waals surface area contributed by atoms with Crippen molar-refractivity contribution in [3.8, 4) is 0 Å². The van der Waals surface area contributed by atoms with E-state index in [1.54, 1.807) is 38.4 Å². The Hall–Kier alpha value is -2.85. The molecule has 1 unspecified atom stereocenters. The molecule has 28 heavy (non-hydrogen) atoms. The SMILES string of the molecule is CNCCN(C)C(=O)OCc1ccc(N(C)C(=O)OC(C)OC(=O)CN)cc1. The summed E-state index contributed by atoms with van der Waals surface area (Å²) in [6.07, 6.45) is -2.16. The predicted molar refractivity (Wildman–Crippen MR) is 103 cm³/mol. The van der Waals surface area contributed by atoms with Gasteiger partial charge in [0.15, 0.2) is 0 Å². The van der Waals surface area contributed by atoms with Crippen LogP contribution in [0.15, 0.2) is 24.3 Å². The predicted octanol–water partition coefficient (Wildman–Crippen LogP) is 0.895. The first kappa shape index (κ1) is 23.2. The number of carbonyl (C=O) groups excluding carboxylic acids is 3. The lowest BCUT2D eigenvalue weighted by Gasteiger charge is -2.20. The van der Waals surface area contributed by atoms with Gasteiger partial charge in [0.1, 0.15) is 6.61 Å². The van der Waals surface area contributed by atoms with E-state index < -0.39 is 24.4 Å². The van der Waals surface area contributed by atoms with Crippen molar-refractivity contribution in [2.75, 3.05) is 45.7 Å². The van der Waals surface area contributed by atoms with E-state index in [-0.39, 0.29) is 13.2 Å². The Morgan fingerprint density at radius 1 is 1.11 bits per heavy atom. The third-order valence-corrected chi connectivity index (χ3v) is 3.70. The number of amides is 2. The van der Waals surface area contributed by atoms with Gasteiger partial charge in [-0.15, -0.1) is 0 Å². The fraction of sp³-hybridized carbons (Fsp3) is 0.500. The van der Waals surface area contributed by atoms with Crippen LogP contribution in [-0.2, 0) is 25.6 Å². The molecular formula is C18H28N4O6. The third kappa shape index (κ3) is 7.80. The molecule has 0 radical (unpaired) electrons. The van der Waals surface area contributed by atoms with Gasteiger partial charge in [0, 0.05) is 39.8 Å². The molecule has 1 aromatic carbocycles. The second-order valence-corrected chi connectivity index (χ2v) is 5.95. The van der Waals surface area contributed by atoms with Crippen molar-refractivity contribution in [1.82, 2.24) is 10.2 Å². The van der Waals surface area contributed by atoms with Crippen LogP contribution in [0.25, 0.3) is 0 Å². The van der Waals surface area contributed by atoms with Crippen LogP contribution in [0.2, 0.25) is 0 Å². The Balaban J connectivity index is 2.53. The number of carbonyl (C=O) groups is 3. The number of nitrogens with one attached hydrogen (secondary N) is 1. The van der Waals surface area contributed by atoms with Gasteiger partial charge in [-0.3, -0.25) is 9.69 Å². The van der Waals surface area contributed by atoms with E-state index in [0.29, 0.717) is 18.8 Å².